The first-order valence-electron chi connectivity index (χ1n) is 13.8. The average Bonchev–Trinajstić information content (AvgIpc) is 3.22. The zero-order chi connectivity index (χ0) is 22.6. The largest absolute Gasteiger partial charge is 0.478 e. The molecule has 6 heteroatoms. The monoisotopic (exact) mass is 469 g/mol. The van der Waals surface area contributed by atoms with Crippen molar-refractivity contribution in [2.24, 2.45) is 23.7 Å². The smallest absolute Gasteiger partial charge is 0.210 e. The lowest BCUT2D eigenvalue weighted by Crippen LogP contribution is -2.59. The topological polar surface area (TPSA) is 58.2 Å². The molecule has 4 bridgehead atoms. The average molecular weight is 470 g/mol. The van der Waals surface area contributed by atoms with Gasteiger partial charge in [-0.1, -0.05) is 12.1 Å². The molecule has 1 N–H and O–H groups in total. The zero-order valence-electron chi connectivity index (χ0n) is 20.2. The molecule has 1 aromatic rings. The summed E-state index contributed by atoms with van der Waals surface area (Å²) in [7, 11) is 0. The maximum absolute atomic E-state index is 6.97. The van der Waals surface area contributed by atoms with Crippen LogP contribution in [0.25, 0.3) is 0 Å². The molecule has 1 aromatic carbocycles. The van der Waals surface area contributed by atoms with E-state index in [9.17, 15) is 0 Å². The van der Waals surface area contributed by atoms with Crippen LogP contribution in [0.4, 0.5) is 0 Å². The molecule has 5 saturated carbocycles. The van der Waals surface area contributed by atoms with Crippen LogP contribution in [-0.2, 0) is 19.2 Å². The highest BCUT2D eigenvalue weighted by Crippen LogP contribution is 2.64. The maximum atomic E-state index is 6.97. The Balaban J connectivity index is 1.01. The van der Waals surface area contributed by atoms with Gasteiger partial charge in [0.2, 0.25) is 11.6 Å². The Bertz CT molecular complexity index is 857. The Morgan fingerprint density at radius 3 is 2.53 bits per heavy atom. The third kappa shape index (κ3) is 3.90. The fourth-order valence-corrected chi connectivity index (χ4v) is 8.26. The minimum Gasteiger partial charge on any atom is -0.478 e. The molecule has 7 fully saturated rings. The van der Waals surface area contributed by atoms with Gasteiger partial charge in [-0.2, -0.15) is 9.78 Å². The SMILES string of the molecule is c1cc(OCNC2CCOCC2)cc(C2CCC[C@]3(C2)OOC2(O3)C3CC4CC(C3)CC2C4)c1. The lowest BCUT2D eigenvalue weighted by Gasteiger charge is -2.57. The van der Waals surface area contributed by atoms with Crippen molar-refractivity contribution in [1.82, 2.24) is 5.32 Å². The van der Waals surface area contributed by atoms with Crippen molar-refractivity contribution in [1.29, 1.82) is 0 Å². The number of hydrogen-bond donors (Lipinski definition) is 1. The molecule has 0 aromatic heterocycles. The molecule has 8 rings (SSSR count). The van der Waals surface area contributed by atoms with E-state index in [1.165, 1.54) is 37.7 Å². The molecule has 0 amide bonds. The van der Waals surface area contributed by atoms with Crippen molar-refractivity contribution >= 4 is 0 Å². The van der Waals surface area contributed by atoms with Crippen molar-refractivity contribution in [2.75, 3.05) is 19.9 Å². The van der Waals surface area contributed by atoms with Crippen LogP contribution >= 0.6 is 0 Å². The molecule has 0 radical (unpaired) electrons. The van der Waals surface area contributed by atoms with Crippen molar-refractivity contribution in [3.05, 3.63) is 29.8 Å². The maximum Gasteiger partial charge on any atom is 0.210 e. The lowest BCUT2D eigenvalue weighted by molar-refractivity contribution is -0.390. The summed E-state index contributed by atoms with van der Waals surface area (Å²) < 4.78 is 18.5. The van der Waals surface area contributed by atoms with Gasteiger partial charge in [-0.25, -0.2) is 0 Å². The first-order chi connectivity index (χ1) is 16.7. The van der Waals surface area contributed by atoms with Crippen LogP contribution in [0.2, 0.25) is 0 Å². The second-order valence-electron chi connectivity index (χ2n) is 12.0. The molecule has 1 unspecified atom stereocenters. The van der Waals surface area contributed by atoms with Crippen molar-refractivity contribution < 1.29 is 24.0 Å². The van der Waals surface area contributed by atoms with Crippen LogP contribution < -0.4 is 10.1 Å². The van der Waals surface area contributed by atoms with E-state index in [4.69, 9.17) is 24.0 Å². The summed E-state index contributed by atoms with van der Waals surface area (Å²) in [4.78, 5) is 12.5. The van der Waals surface area contributed by atoms with Gasteiger partial charge in [-0.05, 0) is 93.2 Å². The van der Waals surface area contributed by atoms with E-state index in [0.29, 0.717) is 30.5 Å². The molecule has 2 heterocycles. The minimum absolute atomic E-state index is 0.399. The van der Waals surface area contributed by atoms with Crippen molar-refractivity contribution in [2.45, 2.75) is 94.2 Å². The number of ether oxygens (including phenoxy) is 3. The summed E-state index contributed by atoms with van der Waals surface area (Å²) in [5.74, 6) is 3.08. The van der Waals surface area contributed by atoms with E-state index < -0.39 is 11.6 Å². The Hall–Kier alpha value is -1.18. The first-order valence-corrected chi connectivity index (χ1v) is 13.8. The molecule has 7 aliphatic rings. The zero-order valence-corrected chi connectivity index (χ0v) is 20.2. The predicted octanol–water partition coefficient (Wildman–Crippen LogP) is 5.28. The molecule has 34 heavy (non-hydrogen) atoms. The summed E-state index contributed by atoms with van der Waals surface area (Å²) in [5.41, 5.74) is 1.32. The summed E-state index contributed by atoms with van der Waals surface area (Å²) >= 11 is 0. The van der Waals surface area contributed by atoms with Crippen LogP contribution in [-0.4, -0.2) is 37.6 Å². The predicted molar refractivity (Wildman–Crippen MR) is 126 cm³/mol. The Morgan fingerprint density at radius 2 is 1.74 bits per heavy atom. The summed E-state index contributed by atoms with van der Waals surface area (Å²) in [6.45, 7) is 2.22. The van der Waals surface area contributed by atoms with E-state index in [1.54, 1.807) is 0 Å². The fourth-order valence-electron chi connectivity index (χ4n) is 8.26. The summed E-state index contributed by atoms with van der Waals surface area (Å²) in [6.07, 6.45) is 12.6. The molecule has 2 saturated heterocycles. The summed E-state index contributed by atoms with van der Waals surface area (Å²) in [5, 5.41) is 3.51. The van der Waals surface area contributed by atoms with Crippen LogP contribution in [0.5, 0.6) is 5.75 Å². The van der Waals surface area contributed by atoms with Gasteiger partial charge < -0.3 is 14.2 Å². The van der Waals surface area contributed by atoms with Gasteiger partial charge in [0.15, 0.2) is 0 Å². The van der Waals surface area contributed by atoms with E-state index in [2.05, 4.69) is 29.6 Å². The third-order valence-electron chi connectivity index (χ3n) is 9.77. The van der Waals surface area contributed by atoms with E-state index in [0.717, 1.165) is 69.3 Å². The van der Waals surface area contributed by atoms with Crippen LogP contribution in [0.3, 0.4) is 0 Å². The number of rotatable bonds is 5. The Kier molecular flexibility index (Phi) is 5.67. The highest BCUT2D eigenvalue weighted by molar-refractivity contribution is 5.31. The second kappa shape index (κ2) is 8.74. The standard InChI is InChI=1S/C28H39NO5/c1-3-21(16-26(5-1)31-18-29-25-6-9-30-10-7-25)22-4-2-8-27(17-22)32-28(34-33-27)23-12-19-11-20(14-23)15-24(28)13-19/h1,3,5,16,19-20,22-25,29H,2,4,6-15,17-18H2/t19?,20?,22?,23?,24?,27-,28?/m1/s1. The normalized spacial score (nSPS) is 43.7. The molecule has 5 aliphatic carbocycles. The Labute approximate surface area is 202 Å². The van der Waals surface area contributed by atoms with Gasteiger partial charge >= 0.3 is 0 Å². The van der Waals surface area contributed by atoms with Crippen LogP contribution in [0.1, 0.15) is 82.1 Å². The quantitative estimate of drug-likeness (QED) is 0.468. The number of benzene rings is 1. The van der Waals surface area contributed by atoms with Gasteiger partial charge in [0.25, 0.3) is 0 Å². The molecular weight excluding hydrogens is 430 g/mol. The van der Waals surface area contributed by atoms with Crippen molar-refractivity contribution in [3.63, 3.8) is 0 Å². The Morgan fingerprint density at radius 1 is 0.941 bits per heavy atom. The van der Waals surface area contributed by atoms with E-state index >= 15 is 0 Å². The van der Waals surface area contributed by atoms with Gasteiger partial charge in [0, 0.05) is 43.9 Å². The van der Waals surface area contributed by atoms with Gasteiger partial charge in [-0.3, -0.25) is 5.32 Å². The molecule has 186 valence electrons. The van der Waals surface area contributed by atoms with Gasteiger partial charge in [0.05, 0.1) is 0 Å². The molecule has 2 atom stereocenters. The summed E-state index contributed by atoms with van der Waals surface area (Å²) in [6, 6.07) is 9.11. The molecule has 2 aliphatic heterocycles. The van der Waals surface area contributed by atoms with E-state index in [1.807, 2.05) is 0 Å². The second-order valence-corrected chi connectivity index (χ2v) is 12.0. The number of nitrogens with one attached hydrogen (secondary N) is 1. The minimum atomic E-state index is -0.584. The number of hydrogen-bond acceptors (Lipinski definition) is 6. The van der Waals surface area contributed by atoms with Gasteiger partial charge in [-0.15, -0.1) is 0 Å². The van der Waals surface area contributed by atoms with Gasteiger partial charge in [0.1, 0.15) is 12.5 Å². The van der Waals surface area contributed by atoms with Crippen molar-refractivity contribution in [3.8, 4) is 5.75 Å². The first kappa shape index (κ1) is 22.1. The third-order valence-corrected chi connectivity index (χ3v) is 9.77. The highest BCUT2D eigenvalue weighted by Gasteiger charge is 2.67. The molecular formula is C28H39NO5. The lowest BCUT2D eigenvalue weighted by atomic mass is 9.53. The molecule has 6 nitrogen and oxygen atoms in total. The fraction of sp³-hybridized carbons (Fsp3) is 0.786. The molecule has 2 spiro atoms. The highest BCUT2D eigenvalue weighted by atomic mass is 17.3. The van der Waals surface area contributed by atoms with E-state index in [-0.39, 0.29) is 0 Å². The van der Waals surface area contributed by atoms with Crippen LogP contribution in [0.15, 0.2) is 24.3 Å². The van der Waals surface area contributed by atoms with Crippen LogP contribution in [0, 0.1) is 23.7 Å².